The Labute approximate surface area is 158 Å². The molecule has 2 aromatic rings. The predicted octanol–water partition coefficient (Wildman–Crippen LogP) is 1.72. The standard InChI is InChI=1S/C19H24N6O2/c1-24-12-9-22-17(24)14(13-5-6-13)23-18(26)15-16(21-8-7-20-15)19(27)25-10-3-2-4-11-25/h7-9,12-14H,2-6,10-11H2,1H3,(H,23,26)/t14-/m0/s1. The number of imidazole rings is 1. The van der Waals surface area contributed by atoms with Crippen molar-refractivity contribution in [3.8, 4) is 0 Å². The summed E-state index contributed by atoms with van der Waals surface area (Å²) in [4.78, 5) is 40.4. The lowest BCUT2D eigenvalue weighted by Gasteiger charge is -2.26. The third-order valence-electron chi connectivity index (χ3n) is 5.28. The van der Waals surface area contributed by atoms with Gasteiger partial charge in [-0.3, -0.25) is 9.59 Å². The second-order valence-corrected chi connectivity index (χ2v) is 7.29. The first-order chi connectivity index (χ1) is 13.1. The van der Waals surface area contributed by atoms with E-state index in [-0.39, 0.29) is 29.2 Å². The number of carbonyl (C=O) groups is 2. The molecule has 0 radical (unpaired) electrons. The average Bonchev–Trinajstić information content (AvgIpc) is 3.47. The van der Waals surface area contributed by atoms with E-state index in [1.807, 2.05) is 17.8 Å². The number of hydrogen-bond donors (Lipinski definition) is 1. The Morgan fingerprint density at radius 1 is 1.04 bits per heavy atom. The summed E-state index contributed by atoms with van der Waals surface area (Å²) in [5.74, 6) is 0.600. The zero-order valence-corrected chi connectivity index (χ0v) is 15.5. The lowest BCUT2D eigenvalue weighted by Crippen LogP contribution is -2.39. The molecule has 0 bridgehead atoms. The molecule has 3 heterocycles. The van der Waals surface area contributed by atoms with Crippen molar-refractivity contribution in [2.45, 2.75) is 38.1 Å². The Morgan fingerprint density at radius 3 is 2.37 bits per heavy atom. The van der Waals surface area contributed by atoms with Gasteiger partial charge in [-0.25, -0.2) is 15.0 Å². The number of amides is 2. The van der Waals surface area contributed by atoms with Gasteiger partial charge in [0.05, 0.1) is 6.04 Å². The minimum absolute atomic E-state index is 0.0907. The van der Waals surface area contributed by atoms with Crippen LogP contribution in [0.4, 0.5) is 0 Å². The molecule has 2 amide bonds. The number of likely N-dealkylation sites (tertiary alicyclic amines) is 1. The van der Waals surface area contributed by atoms with Gasteiger partial charge in [-0.15, -0.1) is 0 Å². The first-order valence-corrected chi connectivity index (χ1v) is 9.53. The molecule has 0 unspecified atom stereocenters. The second kappa shape index (κ2) is 7.46. The minimum atomic E-state index is -0.372. The summed E-state index contributed by atoms with van der Waals surface area (Å²) in [6, 6.07) is -0.183. The van der Waals surface area contributed by atoms with Gasteiger partial charge in [0.15, 0.2) is 11.4 Å². The van der Waals surface area contributed by atoms with Gasteiger partial charge in [0.1, 0.15) is 5.82 Å². The molecule has 1 aliphatic carbocycles. The fraction of sp³-hybridized carbons (Fsp3) is 0.526. The van der Waals surface area contributed by atoms with Crippen molar-refractivity contribution in [2.24, 2.45) is 13.0 Å². The van der Waals surface area contributed by atoms with Crippen LogP contribution >= 0.6 is 0 Å². The highest BCUT2D eigenvalue weighted by atomic mass is 16.2. The van der Waals surface area contributed by atoms with Gasteiger partial charge in [-0.2, -0.15) is 0 Å². The van der Waals surface area contributed by atoms with E-state index in [2.05, 4.69) is 20.3 Å². The van der Waals surface area contributed by atoms with Crippen LogP contribution in [0.1, 0.15) is 64.9 Å². The van der Waals surface area contributed by atoms with Crippen LogP contribution in [0.15, 0.2) is 24.8 Å². The summed E-state index contributed by atoms with van der Waals surface area (Å²) in [7, 11) is 1.91. The summed E-state index contributed by atoms with van der Waals surface area (Å²) in [6.07, 6.45) is 11.7. The van der Waals surface area contributed by atoms with Crippen LogP contribution in [0.2, 0.25) is 0 Å². The molecular formula is C19H24N6O2. The molecule has 4 rings (SSSR count). The second-order valence-electron chi connectivity index (χ2n) is 7.29. The van der Waals surface area contributed by atoms with E-state index >= 15 is 0 Å². The van der Waals surface area contributed by atoms with E-state index in [4.69, 9.17) is 0 Å². The van der Waals surface area contributed by atoms with Crippen molar-refractivity contribution >= 4 is 11.8 Å². The number of rotatable bonds is 5. The Balaban J connectivity index is 1.56. The molecule has 8 heteroatoms. The molecule has 2 fully saturated rings. The molecule has 8 nitrogen and oxygen atoms in total. The smallest absolute Gasteiger partial charge is 0.274 e. The quantitative estimate of drug-likeness (QED) is 0.867. The topological polar surface area (TPSA) is 93.0 Å². The molecule has 1 atom stereocenters. The lowest BCUT2D eigenvalue weighted by molar-refractivity contribution is 0.0710. The Morgan fingerprint density at radius 2 is 1.74 bits per heavy atom. The summed E-state index contributed by atoms with van der Waals surface area (Å²) in [6.45, 7) is 1.41. The molecule has 1 saturated heterocycles. The minimum Gasteiger partial charge on any atom is -0.340 e. The molecule has 142 valence electrons. The van der Waals surface area contributed by atoms with Crippen LogP contribution in [-0.2, 0) is 7.05 Å². The highest BCUT2D eigenvalue weighted by molar-refractivity contribution is 6.04. The van der Waals surface area contributed by atoms with Gasteiger partial charge in [0.25, 0.3) is 11.8 Å². The monoisotopic (exact) mass is 368 g/mol. The summed E-state index contributed by atoms with van der Waals surface area (Å²) in [5, 5.41) is 3.04. The third kappa shape index (κ3) is 3.70. The van der Waals surface area contributed by atoms with Crippen molar-refractivity contribution in [1.82, 2.24) is 29.7 Å². The number of nitrogens with zero attached hydrogens (tertiary/aromatic N) is 5. The van der Waals surface area contributed by atoms with Crippen LogP contribution < -0.4 is 5.32 Å². The van der Waals surface area contributed by atoms with E-state index < -0.39 is 0 Å². The number of hydrogen-bond acceptors (Lipinski definition) is 5. The fourth-order valence-electron chi connectivity index (χ4n) is 3.62. The maximum atomic E-state index is 13.0. The van der Waals surface area contributed by atoms with E-state index in [0.29, 0.717) is 19.0 Å². The molecule has 1 saturated carbocycles. The number of piperidine rings is 1. The Hall–Kier alpha value is -2.77. The maximum Gasteiger partial charge on any atom is 0.274 e. The van der Waals surface area contributed by atoms with Crippen LogP contribution in [0, 0.1) is 5.92 Å². The fourth-order valence-corrected chi connectivity index (χ4v) is 3.62. The Bertz CT molecular complexity index is 838. The first kappa shape index (κ1) is 17.6. The largest absolute Gasteiger partial charge is 0.340 e. The molecule has 1 N–H and O–H groups in total. The first-order valence-electron chi connectivity index (χ1n) is 9.53. The maximum absolute atomic E-state index is 13.0. The van der Waals surface area contributed by atoms with Gasteiger partial charge in [0, 0.05) is 44.9 Å². The highest BCUT2D eigenvalue weighted by Crippen LogP contribution is 2.40. The van der Waals surface area contributed by atoms with Gasteiger partial charge < -0.3 is 14.8 Å². The average molecular weight is 368 g/mol. The number of aryl methyl sites for hydroxylation is 1. The van der Waals surface area contributed by atoms with E-state index in [0.717, 1.165) is 37.9 Å². The molecule has 27 heavy (non-hydrogen) atoms. The van der Waals surface area contributed by atoms with Crippen molar-refractivity contribution in [3.63, 3.8) is 0 Å². The van der Waals surface area contributed by atoms with Crippen LogP contribution in [0.25, 0.3) is 0 Å². The van der Waals surface area contributed by atoms with Crippen molar-refractivity contribution in [2.75, 3.05) is 13.1 Å². The van der Waals surface area contributed by atoms with Gasteiger partial charge >= 0.3 is 0 Å². The third-order valence-corrected chi connectivity index (χ3v) is 5.28. The number of carbonyl (C=O) groups excluding carboxylic acids is 2. The van der Waals surface area contributed by atoms with Crippen LogP contribution in [0.3, 0.4) is 0 Å². The molecule has 0 aromatic carbocycles. The van der Waals surface area contributed by atoms with E-state index in [1.54, 1.807) is 11.1 Å². The van der Waals surface area contributed by atoms with Crippen molar-refractivity contribution in [1.29, 1.82) is 0 Å². The zero-order valence-electron chi connectivity index (χ0n) is 15.5. The lowest BCUT2D eigenvalue weighted by atomic mass is 10.1. The zero-order chi connectivity index (χ0) is 18.8. The van der Waals surface area contributed by atoms with Crippen molar-refractivity contribution in [3.05, 3.63) is 42.0 Å². The Kier molecular flexibility index (Phi) is 4.87. The molecule has 1 aliphatic heterocycles. The van der Waals surface area contributed by atoms with Gasteiger partial charge in [0.2, 0.25) is 0 Å². The molecule has 2 aliphatic rings. The molecule has 0 spiro atoms. The summed E-state index contributed by atoms with van der Waals surface area (Å²) < 4.78 is 1.92. The van der Waals surface area contributed by atoms with Gasteiger partial charge in [-0.1, -0.05) is 0 Å². The predicted molar refractivity (Wildman–Crippen MR) is 97.9 cm³/mol. The van der Waals surface area contributed by atoms with Crippen LogP contribution in [-0.4, -0.2) is 49.3 Å². The molecular weight excluding hydrogens is 344 g/mol. The summed E-state index contributed by atoms with van der Waals surface area (Å²) >= 11 is 0. The van der Waals surface area contributed by atoms with E-state index in [9.17, 15) is 9.59 Å². The van der Waals surface area contributed by atoms with E-state index in [1.165, 1.54) is 12.4 Å². The van der Waals surface area contributed by atoms with Gasteiger partial charge in [-0.05, 0) is 38.0 Å². The van der Waals surface area contributed by atoms with Crippen molar-refractivity contribution < 1.29 is 9.59 Å². The van der Waals surface area contributed by atoms with Crippen LogP contribution in [0.5, 0.6) is 0 Å². The SMILES string of the molecule is Cn1ccnc1[C@@H](NC(=O)c1nccnc1C(=O)N1CCCCC1)C1CC1. The normalized spacial score (nSPS) is 18.2. The number of nitrogens with one attached hydrogen (secondary N) is 1. The summed E-state index contributed by atoms with van der Waals surface area (Å²) in [5.41, 5.74) is 0.221. The molecule has 2 aromatic heterocycles. The number of aromatic nitrogens is 4. The highest BCUT2D eigenvalue weighted by Gasteiger charge is 2.37.